The van der Waals surface area contributed by atoms with Crippen molar-refractivity contribution in [2.75, 3.05) is 29.9 Å². The Balaban J connectivity index is 1.25. The molecule has 4 heterocycles. The molecule has 6 rings (SSSR count). The van der Waals surface area contributed by atoms with E-state index >= 15 is 0 Å². The second-order valence-electron chi connectivity index (χ2n) is 9.20. The first kappa shape index (κ1) is 21.7. The van der Waals surface area contributed by atoms with Gasteiger partial charge in [-0.3, -0.25) is 4.79 Å². The minimum atomic E-state index is -0.908. The normalized spacial score (nSPS) is 21.9. The number of amides is 1. The highest BCUT2D eigenvalue weighted by molar-refractivity contribution is 6.09. The van der Waals surface area contributed by atoms with Crippen LogP contribution in [0.1, 0.15) is 41.1 Å². The summed E-state index contributed by atoms with van der Waals surface area (Å²) in [5.41, 5.74) is 4.42. The number of morpholine rings is 1. The maximum Gasteiger partial charge on any atom is 0.259 e. The highest BCUT2D eigenvalue weighted by atomic mass is 19.1. The molecule has 0 unspecified atom stereocenters. The average molecular weight is 477 g/mol. The number of alkyl halides is 1. The van der Waals surface area contributed by atoms with E-state index in [0.29, 0.717) is 41.6 Å². The first-order valence-electron chi connectivity index (χ1n) is 11.7. The molecule has 3 aromatic heterocycles. The van der Waals surface area contributed by atoms with Gasteiger partial charge in [-0.25, -0.2) is 8.91 Å². The molecule has 0 radical (unpaired) electrons. The van der Waals surface area contributed by atoms with Crippen LogP contribution < -0.4 is 10.2 Å². The fraction of sp³-hybridized carbons (Fsp3) is 0.360. The average Bonchev–Trinajstić information content (AvgIpc) is 3.24. The number of carbonyl (C=O) groups excluding carboxylic acids is 1. The van der Waals surface area contributed by atoms with Crippen molar-refractivity contribution in [3.63, 3.8) is 0 Å². The molecule has 4 aromatic rings. The van der Waals surface area contributed by atoms with Crippen molar-refractivity contribution in [3.8, 4) is 11.4 Å². The lowest BCUT2D eigenvalue weighted by atomic mass is 10.1. The Hall–Kier alpha value is -3.79. The summed E-state index contributed by atoms with van der Waals surface area (Å²) in [5, 5.41) is 11.3. The number of halogens is 1. The van der Waals surface area contributed by atoms with E-state index in [1.165, 1.54) is 0 Å². The Morgan fingerprint density at radius 2 is 2.11 bits per heavy atom. The molecular weight excluding hydrogens is 451 g/mol. The number of ether oxygens (including phenoxy) is 1. The number of hydrogen-bond donors (Lipinski definition) is 1. The van der Waals surface area contributed by atoms with Gasteiger partial charge in [-0.15, -0.1) is 0 Å². The van der Waals surface area contributed by atoms with Crippen LogP contribution in [0.4, 0.5) is 15.8 Å². The van der Waals surface area contributed by atoms with Crippen LogP contribution in [0.5, 0.6) is 0 Å². The van der Waals surface area contributed by atoms with Gasteiger partial charge in [0.05, 0.1) is 35.9 Å². The van der Waals surface area contributed by atoms with Crippen molar-refractivity contribution in [3.05, 3.63) is 59.7 Å². The van der Waals surface area contributed by atoms with Gasteiger partial charge >= 0.3 is 0 Å². The van der Waals surface area contributed by atoms with Crippen molar-refractivity contribution < 1.29 is 18.4 Å². The van der Waals surface area contributed by atoms with E-state index in [1.807, 2.05) is 37.4 Å². The SMILES string of the molecule is Cc1ccc(-c2noc([C@H]3C[C@@H]3F)n2)cc1NC(=O)c1cnn2ccc(N3CCO[C@@H](C)C3)cc12. The number of nitrogens with one attached hydrogen (secondary N) is 1. The molecule has 3 atom stereocenters. The van der Waals surface area contributed by atoms with Crippen LogP contribution in [-0.4, -0.2) is 57.6 Å². The second kappa shape index (κ2) is 8.46. The summed E-state index contributed by atoms with van der Waals surface area (Å²) in [6.45, 7) is 6.23. The lowest BCUT2D eigenvalue weighted by Crippen LogP contribution is -2.41. The van der Waals surface area contributed by atoms with Gasteiger partial charge in [0.2, 0.25) is 11.7 Å². The fourth-order valence-electron chi connectivity index (χ4n) is 4.40. The highest BCUT2D eigenvalue weighted by Gasteiger charge is 2.43. The van der Waals surface area contributed by atoms with E-state index in [9.17, 15) is 9.18 Å². The zero-order chi connectivity index (χ0) is 24.1. The first-order valence-corrected chi connectivity index (χ1v) is 11.7. The summed E-state index contributed by atoms with van der Waals surface area (Å²) in [6.07, 6.45) is 3.10. The van der Waals surface area contributed by atoms with E-state index < -0.39 is 6.17 Å². The molecule has 10 heteroatoms. The molecule has 35 heavy (non-hydrogen) atoms. The monoisotopic (exact) mass is 476 g/mol. The zero-order valence-corrected chi connectivity index (χ0v) is 19.4. The Bertz CT molecular complexity index is 1420. The molecule has 180 valence electrons. The summed E-state index contributed by atoms with van der Waals surface area (Å²) < 4.78 is 25.9. The van der Waals surface area contributed by atoms with Crippen molar-refractivity contribution in [1.82, 2.24) is 19.8 Å². The van der Waals surface area contributed by atoms with Crippen LogP contribution in [0.25, 0.3) is 16.9 Å². The summed E-state index contributed by atoms with van der Waals surface area (Å²) in [6, 6.07) is 9.52. The van der Waals surface area contributed by atoms with Crippen LogP contribution in [0.2, 0.25) is 0 Å². The van der Waals surface area contributed by atoms with Gasteiger partial charge in [-0.05, 0) is 44.0 Å². The number of benzene rings is 1. The molecule has 1 saturated carbocycles. The minimum absolute atomic E-state index is 0.154. The smallest absolute Gasteiger partial charge is 0.259 e. The number of hydrogen-bond acceptors (Lipinski definition) is 7. The third kappa shape index (κ3) is 4.14. The molecular formula is C25H25FN6O3. The third-order valence-electron chi connectivity index (χ3n) is 6.57. The van der Waals surface area contributed by atoms with Crippen LogP contribution in [-0.2, 0) is 4.74 Å². The third-order valence-corrected chi connectivity index (χ3v) is 6.57. The molecule has 0 bridgehead atoms. The van der Waals surface area contributed by atoms with E-state index in [1.54, 1.807) is 16.8 Å². The summed E-state index contributed by atoms with van der Waals surface area (Å²) in [4.78, 5) is 19.9. The van der Waals surface area contributed by atoms with Crippen molar-refractivity contribution >= 4 is 22.8 Å². The minimum Gasteiger partial charge on any atom is -0.375 e. The lowest BCUT2D eigenvalue weighted by Gasteiger charge is -2.32. The predicted octanol–water partition coefficient (Wildman–Crippen LogP) is 4.00. The number of nitrogens with zero attached hydrogens (tertiary/aromatic N) is 5. The summed E-state index contributed by atoms with van der Waals surface area (Å²) >= 11 is 0. The van der Waals surface area contributed by atoms with Crippen LogP contribution in [0.3, 0.4) is 0 Å². The largest absolute Gasteiger partial charge is 0.375 e. The number of aromatic nitrogens is 4. The molecule has 1 aliphatic carbocycles. The molecule has 1 N–H and O–H groups in total. The molecule has 9 nitrogen and oxygen atoms in total. The van der Waals surface area contributed by atoms with Crippen LogP contribution >= 0.6 is 0 Å². The number of carbonyl (C=O) groups is 1. The standard InChI is InChI=1S/C25H25FN6O3/c1-14-3-4-16(23-29-25(35-30-23)18-11-20(18)26)9-21(14)28-24(33)19-12-27-32-6-5-17(10-22(19)32)31-7-8-34-15(2)13-31/h3-6,9-10,12,15,18,20H,7-8,11,13H2,1-2H3,(H,28,33)/t15-,18-,20-/m0/s1. The topological polar surface area (TPSA) is 97.8 Å². The van der Waals surface area contributed by atoms with E-state index in [0.717, 1.165) is 29.9 Å². The van der Waals surface area contributed by atoms with Crippen LogP contribution in [0.15, 0.2) is 47.2 Å². The number of pyridine rings is 1. The van der Waals surface area contributed by atoms with Crippen molar-refractivity contribution in [1.29, 1.82) is 0 Å². The van der Waals surface area contributed by atoms with Gasteiger partial charge in [0, 0.05) is 36.2 Å². The maximum absolute atomic E-state index is 13.3. The van der Waals surface area contributed by atoms with Gasteiger partial charge in [0.1, 0.15) is 6.17 Å². The first-order chi connectivity index (χ1) is 17.0. The van der Waals surface area contributed by atoms with Gasteiger partial charge in [0.25, 0.3) is 5.91 Å². The van der Waals surface area contributed by atoms with Gasteiger partial charge < -0.3 is 19.5 Å². The Morgan fingerprint density at radius 1 is 1.26 bits per heavy atom. The van der Waals surface area contributed by atoms with Gasteiger partial charge in [-0.2, -0.15) is 10.1 Å². The van der Waals surface area contributed by atoms with Crippen molar-refractivity contribution in [2.24, 2.45) is 0 Å². The molecule has 1 aromatic carbocycles. The van der Waals surface area contributed by atoms with Gasteiger partial charge in [0.15, 0.2) is 0 Å². The number of anilines is 2. The molecule has 2 fully saturated rings. The summed E-state index contributed by atoms with van der Waals surface area (Å²) in [5.74, 6) is 0.118. The molecule has 1 amide bonds. The number of fused-ring (bicyclic) bond motifs is 1. The highest BCUT2D eigenvalue weighted by Crippen LogP contribution is 2.43. The molecule has 1 saturated heterocycles. The summed E-state index contributed by atoms with van der Waals surface area (Å²) in [7, 11) is 0. The fourth-order valence-corrected chi connectivity index (χ4v) is 4.40. The van der Waals surface area contributed by atoms with E-state index in [-0.39, 0.29) is 17.9 Å². The molecule has 1 aliphatic heterocycles. The lowest BCUT2D eigenvalue weighted by molar-refractivity contribution is 0.0532. The Kier molecular flexibility index (Phi) is 5.25. The maximum atomic E-state index is 13.3. The quantitative estimate of drug-likeness (QED) is 0.465. The number of rotatable bonds is 5. The Morgan fingerprint density at radius 3 is 2.91 bits per heavy atom. The zero-order valence-electron chi connectivity index (χ0n) is 19.4. The predicted molar refractivity (Wildman–Crippen MR) is 127 cm³/mol. The second-order valence-corrected chi connectivity index (χ2v) is 9.20. The number of aryl methyl sites for hydroxylation is 1. The Labute approximate surface area is 200 Å². The van der Waals surface area contributed by atoms with Crippen LogP contribution in [0, 0.1) is 6.92 Å². The molecule has 0 spiro atoms. The van der Waals surface area contributed by atoms with E-state index in [2.05, 4.69) is 32.4 Å². The van der Waals surface area contributed by atoms with Gasteiger partial charge in [-0.1, -0.05) is 17.3 Å². The molecule has 2 aliphatic rings. The van der Waals surface area contributed by atoms with Crippen molar-refractivity contribution in [2.45, 2.75) is 38.5 Å². The van der Waals surface area contributed by atoms with E-state index in [4.69, 9.17) is 9.26 Å².